The lowest BCUT2D eigenvalue weighted by molar-refractivity contribution is 0.225. The maximum absolute atomic E-state index is 12.4. The Balaban J connectivity index is 2.24. The molecule has 2 aromatic heterocycles. The normalized spacial score (nSPS) is 18.3. The van der Waals surface area contributed by atoms with Crippen LogP contribution in [0.2, 0.25) is 0 Å². The molecule has 6 heteroatoms. The summed E-state index contributed by atoms with van der Waals surface area (Å²) in [5.74, 6) is 0.521. The Morgan fingerprint density at radius 3 is 2.70 bits per heavy atom. The number of hydrogen-bond donors (Lipinski definition) is 2. The number of fused-ring (bicyclic) bond motifs is 1. The van der Waals surface area contributed by atoms with Crippen molar-refractivity contribution in [3.8, 4) is 0 Å². The predicted molar refractivity (Wildman–Crippen MR) is 77.1 cm³/mol. The van der Waals surface area contributed by atoms with E-state index in [-0.39, 0.29) is 16.7 Å². The van der Waals surface area contributed by atoms with Gasteiger partial charge in [0, 0.05) is 17.8 Å². The van der Waals surface area contributed by atoms with Gasteiger partial charge in [-0.15, -0.1) is 0 Å². The van der Waals surface area contributed by atoms with Crippen LogP contribution in [0.15, 0.2) is 21.9 Å². The van der Waals surface area contributed by atoms with E-state index in [1.807, 2.05) is 0 Å². The molecule has 2 aromatic rings. The first kappa shape index (κ1) is 13.1. The van der Waals surface area contributed by atoms with Gasteiger partial charge in [-0.1, -0.05) is 0 Å². The number of nitrogens with one attached hydrogen (secondary N) is 2. The fraction of sp³-hybridized carbons (Fsp3) is 0.500. The number of hydrogen-bond acceptors (Lipinski definition) is 4. The molecule has 0 bridgehead atoms. The molecule has 0 radical (unpaired) electrons. The minimum absolute atomic E-state index is 0.0978. The highest BCUT2D eigenvalue weighted by Gasteiger charge is 2.29. The molecule has 3 rings (SSSR count). The molecule has 106 valence electrons. The van der Waals surface area contributed by atoms with E-state index in [2.05, 4.69) is 22.2 Å². The van der Waals surface area contributed by atoms with Crippen LogP contribution in [0.3, 0.4) is 0 Å². The van der Waals surface area contributed by atoms with Gasteiger partial charge in [0.25, 0.3) is 11.1 Å². The maximum atomic E-state index is 12.4. The molecule has 1 aliphatic heterocycles. The predicted octanol–water partition coefficient (Wildman–Crippen LogP) is 0.492. The molecule has 1 aliphatic rings. The third kappa shape index (κ3) is 2.06. The van der Waals surface area contributed by atoms with Gasteiger partial charge in [-0.2, -0.15) is 0 Å². The van der Waals surface area contributed by atoms with E-state index < -0.39 is 0 Å². The van der Waals surface area contributed by atoms with Crippen LogP contribution in [0.5, 0.6) is 0 Å². The monoisotopic (exact) mass is 274 g/mol. The summed E-state index contributed by atoms with van der Waals surface area (Å²) in [7, 11) is 0. The van der Waals surface area contributed by atoms with Gasteiger partial charge >= 0.3 is 0 Å². The molecule has 1 fully saturated rings. The molecule has 0 aromatic carbocycles. The van der Waals surface area contributed by atoms with E-state index in [9.17, 15) is 9.59 Å². The molecule has 0 spiro atoms. The van der Waals surface area contributed by atoms with Crippen molar-refractivity contribution >= 4 is 10.9 Å². The Kier molecular flexibility index (Phi) is 2.97. The molecule has 1 saturated heterocycles. The molecule has 0 unspecified atom stereocenters. The summed E-state index contributed by atoms with van der Waals surface area (Å²) in [5, 5.41) is 3.76. The van der Waals surface area contributed by atoms with Crippen LogP contribution < -0.4 is 16.4 Å². The third-order valence-electron chi connectivity index (χ3n) is 4.12. The molecule has 6 nitrogen and oxygen atoms in total. The molecule has 0 aliphatic carbocycles. The van der Waals surface area contributed by atoms with E-state index in [1.54, 1.807) is 17.7 Å². The first-order chi connectivity index (χ1) is 9.49. The summed E-state index contributed by atoms with van der Waals surface area (Å²) in [6.07, 6.45) is 3.40. The van der Waals surface area contributed by atoms with Gasteiger partial charge in [-0.3, -0.25) is 9.59 Å². The number of aryl methyl sites for hydroxylation is 1. The molecule has 0 saturated carbocycles. The Morgan fingerprint density at radius 1 is 1.30 bits per heavy atom. The van der Waals surface area contributed by atoms with Crippen LogP contribution in [0.25, 0.3) is 10.9 Å². The lowest BCUT2D eigenvalue weighted by Crippen LogP contribution is -2.46. The highest BCUT2D eigenvalue weighted by atomic mass is 16.1. The topological polar surface area (TPSA) is 79.8 Å². The fourth-order valence-corrected chi connectivity index (χ4v) is 2.86. The zero-order valence-electron chi connectivity index (χ0n) is 11.7. The average Bonchev–Trinajstić information content (AvgIpc) is 2.38. The Morgan fingerprint density at radius 2 is 2.00 bits per heavy atom. The molecule has 3 heterocycles. The smallest absolute Gasteiger partial charge is 0.260 e. The van der Waals surface area contributed by atoms with E-state index >= 15 is 0 Å². The first-order valence-electron chi connectivity index (χ1n) is 6.84. The molecule has 20 heavy (non-hydrogen) atoms. The second kappa shape index (κ2) is 4.56. The van der Waals surface area contributed by atoms with Crippen molar-refractivity contribution in [1.82, 2.24) is 19.9 Å². The van der Waals surface area contributed by atoms with Gasteiger partial charge in [0.15, 0.2) is 0 Å². The van der Waals surface area contributed by atoms with Crippen LogP contribution in [-0.2, 0) is 5.54 Å². The Bertz CT molecular complexity index is 769. The lowest BCUT2D eigenvalue weighted by atomic mass is 9.90. The van der Waals surface area contributed by atoms with Gasteiger partial charge in [-0.05, 0) is 39.8 Å². The van der Waals surface area contributed by atoms with Crippen molar-refractivity contribution < 1.29 is 0 Å². The number of rotatable bonds is 1. The van der Waals surface area contributed by atoms with Crippen LogP contribution in [0.4, 0.5) is 0 Å². The second-order valence-corrected chi connectivity index (χ2v) is 5.68. The summed E-state index contributed by atoms with van der Waals surface area (Å²) in [6, 6.07) is 1.46. The maximum Gasteiger partial charge on any atom is 0.260 e. The summed E-state index contributed by atoms with van der Waals surface area (Å²) >= 11 is 0. The number of pyridine rings is 1. The van der Waals surface area contributed by atoms with Crippen molar-refractivity contribution in [3.05, 3.63) is 38.8 Å². The van der Waals surface area contributed by atoms with Crippen molar-refractivity contribution in [2.75, 3.05) is 13.1 Å². The van der Waals surface area contributed by atoms with Crippen molar-refractivity contribution in [1.29, 1.82) is 0 Å². The Labute approximate surface area is 115 Å². The lowest BCUT2D eigenvalue weighted by Gasteiger charge is -2.36. The standard InChI is InChI=1S/C14H18N4O2/c1-9-16-11-7-12(19)18(8-10(11)13(20)17-9)14(2)3-5-15-6-4-14/h7-8,15H,3-6H2,1-2H3,(H,16,17,20). The number of nitrogens with zero attached hydrogens (tertiary/aromatic N) is 2. The van der Waals surface area contributed by atoms with E-state index in [0.717, 1.165) is 25.9 Å². The molecular weight excluding hydrogens is 256 g/mol. The van der Waals surface area contributed by atoms with Crippen LogP contribution in [0, 0.1) is 6.92 Å². The number of aromatic nitrogens is 3. The minimum atomic E-state index is -0.242. The first-order valence-corrected chi connectivity index (χ1v) is 6.84. The van der Waals surface area contributed by atoms with Gasteiger partial charge in [0.05, 0.1) is 10.9 Å². The van der Waals surface area contributed by atoms with Crippen molar-refractivity contribution in [2.45, 2.75) is 32.2 Å². The highest BCUT2D eigenvalue weighted by molar-refractivity contribution is 5.76. The van der Waals surface area contributed by atoms with Gasteiger partial charge in [0.2, 0.25) is 0 Å². The molecule has 0 atom stereocenters. The summed E-state index contributed by atoms with van der Waals surface area (Å²) in [5.41, 5.74) is -0.0726. The quantitative estimate of drug-likeness (QED) is 0.793. The minimum Gasteiger partial charge on any atom is -0.317 e. The third-order valence-corrected chi connectivity index (χ3v) is 4.12. The van der Waals surface area contributed by atoms with Crippen molar-refractivity contribution in [2.24, 2.45) is 0 Å². The zero-order chi connectivity index (χ0) is 14.3. The zero-order valence-corrected chi connectivity index (χ0v) is 11.7. The molecule has 0 amide bonds. The molecular formula is C14H18N4O2. The summed E-state index contributed by atoms with van der Waals surface area (Å²) in [6.45, 7) is 5.53. The Hall–Kier alpha value is -1.95. The van der Waals surface area contributed by atoms with Gasteiger partial charge in [0.1, 0.15) is 5.82 Å². The van der Waals surface area contributed by atoms with E-state index in [4.69, 9.17) is 0 Å². The number of piperidine rings is 1. The summed E-state index contributed by atoms with van der Waals surface area (Å²) in [4.78, 5) is 31.3. The molecule has 2 N–H and O–H groups in total. The van der Waals surface area contributed by atoms with Crippen LogP contribution in [-0.4, -0.2) is 27.6 Å². The van der Waals surface area contributed by atoms with E-state index in [1.165, 1.54) is 6.07 Å². The second-order valence-electron chi connectivity index (χ2n) is 5.68. The largest absolute Gasteiger partial charge is 0.317 e. The fourth-order valence-electron chi connectivity index (χ4n) is 2.86. The number of aromatic amines is 1. The SMILES string of the molecule is Cc1nc2cc(=O)n(C3(C)CCNCC3)cc2c(=O)[nH]1. The van der Waals surface area contributed by atoms with Gasteiger partial charge < -0.3 is 14.9 Å². The average molecular weight is 274 g/mol. The van der Waals surface area contributed by atoms with Crippen molar-refractivity contribution in [3.63, 3.8) is 0 Å². The highest BCUT2D eigenvalue weighted by Crippen LogP contribution is 2.25. The van der Waals surface area contributed by atoms with Crippen LogP contribution in [0.1, 0.15) is 25.6 Å². The van der Waals surface area contributed by atoms with Gasteiger partial charge in [-0.25, -0.2) is 4.98 Å². The summed E-state index contributed by atoms with van der Waals surface area (Å²) < 4.78 is 1.70. The number of H-pyrrole nitrogens is 1. The van der Waals surface area contributed by atoms with E-state index in [0.29, 0.717) is 16.7 Å². The van der Waals surface area contributed by atoms with Crippen LogP contribution >= 0.6 is 0 Å².